The van der Waals surface area contributed by atoms with E-state index in [1.165, 1.54) is 11.1 Å². The molecule has 0 aliphatic carbocycles. The van der Waals surface area contributed by atoms with Gasteiger partial charge in [0.1, 0.15) is 11.6 Å². The molecule has 2 aliphatic heterocycles. The predicted molar refractivity (Wildman–Crippen MR) is 76.0 cm³/mol. The van der Waals surface area contributed by atoms with Crippen LogP contribution in [0.15, 0.2) is 30.6 Å². The van der Waals surface area contributed by atoms with Crippen LogP contribution >= 0.6 is 0 Å². The molecule has 104 valence electrons. The van der Waals surface area contributed by atoms with Gasteiger partial charge in [0.15, 0.2) is 0 Å². The van der Waals surface area contributed by atoms with E-state index in [2.05, 4.69) is 33.9 Å². The summed E-state index contributed by atoms with van der Waals surface area (Å²) in [5.41, 5.74) is 2.48. The zero-order valence-electron chi connectivity index (χ0n) is 11.4. The van der Waals surface area contributed by atoms with Crippen LogP contribution in [-0.2, 0) is 11.2 Å². The third-order valence-electron chi connectivity index (χ3n) is 4.20. The van der Waals surface area contributed by atoms with Crippen LogP contribution in [0.5, 0.6) is 5.75 Å². The summed E-state index contributed by atoms with van der Waals surface area (Å²) in [7, 11) is 0. The van der Waals surface area contributed by atoms with Crippen molar-refractivity contribution in [1.29, 1.82) is 0 Å². The highest BCUT2D eigenvalue weighted by atomic mass is 16.5. The first-order valence-electron chi connectivity index (χ1n) is 7.28. The van der Waals surface area contributed by atoms with Crippen molar-refractivity contribution in [3.05, 3.63) is 36.2 Å². The Hall–Kier alpha value is -1.81. The number of fused-ring (bicyclic) bond motifs is 1. The Balaban J connectivity index is 1.70. The van der Waals surface area contributed by atoms with E-state index >= 15 is 0 Å². The molecular weight excluding hydrogens is 252 g/mol. The van der Waals surface area contributed by atoms with E-state index in [4.69, 9.17) is 9.47 Å². The average molecular weight is 270 g/mol. The van der Waals surface area contributed by atoms with Crippen molar-refractivity contribution < 1.29 is 9.47 Å². The first-order chi connectivity index (χ1) is 9.92. The van der Waals surface area contributed by atoms with Crippen LogP contribution in [0.2, 0.25) is 0 Å². The molecule has 0 atom stereocenters. The van der Waals surface area contributed by atoms with Gasteiger partial charge in [0.05, 0.1) is 6.61 Å². The molecule has 1 fully saturated rings. The molecule has 1 aromatic heterocycles. The van der Waals surface area contributed by atoms with E-state index in [1.807, 2.05) is 6.20 Å². The molecule has 0 N–H and O–H groups in total. The Morgan fingerprint density at radius 3 is 2.95 bits per heavy atom. The fourth-order valence-corrected chi connectivity index (χ4v) is 3.12. The molecule has 1 saturated heterocycles. The van der Waals surface area contributed by atoms with Crippen molar-refractivity contribution in [3.8, 4) is 17.1 Å². The van der Waals surface area contributed by atoms with Gasteiger partial charge < -0.3 is 14.0 Å². The number of imidazole rings is 1. The van der Waals surface area contributed by atoms with Crippen molar-refractivity contribution in [3.63, 3.8) is 0 Å². The molecule has 0 bridgehead atoms. The second-order valence-electron chi connectivity index (χ2n) is 5.42. The van der Waals surface area contributed by atoms with E-state index in [0.29, 0.717) is 6.04 Å². The molecule has 0 radical (unpaired) electrons. The fourth-order valence-electron chi connectivity index (χ4n) is 3.12. The minimum absolute atomic E-state index is 0.505. The van der Waals surface area contributed by atoms with E-state index in [1.54, 1.807) is 0 Å². The quantitative estimate of drug-likeness (QED) is 0.842. The van der Waals surface area contributed by atoms with Crippen molar-refractivity contribution >= 4 is 0 Å². The summed E-state index contributed by atoms with van der Waals surface area (Å²) in [5, 5.41) is 0. The van der Waals surface area contributed by atoms with Gasteiger partial charge in [-0.3, -0.25) is 0 Å². The molecule has 3 heterocycles. The molecule has 4 rings (SSSR count). The van der Waals surface area contributed by atoms with Gasteiger partial charge in [-0.15, -0.1) is 0 Å². The van der Waals surface area contributed by atoms with Crippen LogP contribution < -0.4 is 4.74 Å². The van der Waals surface area contributed by atoms with Crippen LogP contribution in [0.3, 0.4) is 0 Å². The van der Waals surface area contributed by atoms with Gasteiger partial charge in [0.25, 0.3) is 0 Å². The highest BCUT2D eigenvalue weighted by Crippen LogP contribution is 2.32. The van der Waals surface area contributed by atoms with Gasteiger partial charge in [0.2, 0.25) is 0 Å². The molecule has 0 spiro atoms. The zero-order valence-corrected chi connectivity index (χ0v) is 11.4. The third-order valence-corrected chi connectivity index (χ3v) is 4.20. The number of ether oxygens (including phenoxy) is 2. The minimum Gasteiger partial charge on any atom is -0.493 e. The summed E-state index contributed by atoms with van der Waals surface area (Å²) in [6.45, 7) is 2.49. The summed E-state index contributed by atoms with van der Waals surface area (Å²) >= 11 is 0. The molecule has 0 saturated carbocycles. The van der Waals surface area contributed by atoms with E-state index in [-0.39, 0.29) is 0 Å². The second kappa shape index (κ2) is 4.94. The van der Waals surface area contributed by atoms with Gasteiger partial charge in [0, 0.05) is 43.6 Å². The molecular formula is C16H18N2O2. The van der Waals surface area contributed by atoms with Gasteiger partial charge in [-0.1, -0.05) is 0 Å². The topological polar surface area (TPSA) is 36.3 Å². The lowest BCUT2D eigenvalue weighted by Crippen LogP contribution is -2.19. The molecule has 20 heavy (non-hydrogen) atoms. The largest absolute Gasteiger partial charge is 0.493 e. The fraction of sp³-hybridized carbons (Fsp3) is 0.438. The van der Waals surface area contributed by atoms with Crippen LogP contribution in [0.25, 0.3) is 11.4 Å². The SMILES string of the molecule is c1cn(C2CCOCC2)c(-c2ccc3c(c2)CCO3)n1. The molecule has 0 unspecified atom stereocenters. The highest BCUT2D eigenvalue weighted by Gasteiger charge is 2.20. The summed E-state index contributed by atoms with van der Waals surface area (Å²) in [6.07, 6.45) is 7.12. The number of aromatic nitrogens is 2. The molecule has 1 aromatic carbocycles. The monoisotopic (exact) mass is 270 g/mol. The highest BCUT2D eigenvalue weighted by molar-refractivity contribution is 5.60. The molecule has 2 aromatic rings. The van der Waals surface area contributed by atoms with Crippen molar-refractivity contribution in [2.24, 2.45) is 0 Å². The summed E-state index contributed by atoms with van der Waals surface area (Å²) in [5.74, 6) is 2.09. The lowest BCUT2D eigenvalue weighted by atomic mass is 10.1. The van der Waals surface area contributed by atoms with Crippen molar-refractivity contribution in [1.82, 2.24) is 9.55 Å². The molecule has 2 aliphatic rings. The Bertz CT molecular complexity index is 615. The summed E-state index contributed by atoms with van der Waals surface area (Å²) < 4.78 is 13.3. The maximum Gasteiger partial charge on any atom is 0.140 e. The predicted octanol–water partition coefficient (Wildman–Crippen LogP) is 2.84. The Kier molecular flexibility index (Phi) is 2.96. The van der Waals surface area contributed by atoms with E-state index in [0.717, 1.165) is 50.7 Å². The molecule has 4 heteroatoms. The lowest BCUT2D eigenvalue weighted by Gasteiger charge is -2.25. The van der Waals surface area contributed by atoms with Gasteiger partial charge in [-0.25, -0.2) is 4.98 Å². The molecule has 0 amide bonds. The standard InChI is InChI=1S/C16H18N2O2/c1-2-15-12(3-10-20-15)11-13(1)16-17-6-7-18(16)14-4-8-19-9-5-14/h1-2,6-7,11,14H,3-5,8-10H2. The van der Waals surface area contributed by atoms with Crippen LogP contribution in [0, 0.1) is 0 Å². The maximum atomic E-state index is 5.57. The smallest absolute Gasteiger partial charge is 0.140 e. The Morgan fingerprint density at radius 2 is 2.05 bits per heavy atom. The summed E-state index contributed by atoms with van der Waals surface area (Å²) in [6, 6.07) is 6.91. The number of nitrogens with zero attached hydrogens (tertiary/aromatic N) is 2. The average Bonchev–Trinajstić information content (AvgIpc) is 3.16. The second-order valence-corrected chi connectivity index (χ2v) is 5.42. The van der Waals surface area contributed by atoms with Gasteiger partial charge in [-0.05, 0) is 36.6 Å². The Morgan fingerprint density at radius 1 is 1.15 bits per heavy atom. The number of rotatable bonds is 2. The number of hydrogen-bond acceptors (Lipinski definition) is 3. The van der Waals surface area contributed by atoms with Crippen LogP contribution in [-0.4, -0.2) is 29.4 Å². The van der Waals surface area contributed by atoms with Crippen LogP contribution in [0.1, 0.15) is 24.4 Å². The maximum absolute atomic E-state index is 5.57. The van der Waals surface area contributed by atoms with E-state index in [9.17, 15) is 0 Å². The summed E-state index contributed by atoms with van der Waals surface area (Å²) in [4.78, 5) is 4.57. The van der Waals surface area contributed by atoms with Crippen molar-refractivity contribution in [2.75, 3.05) is 19.8 Å². The normalized spacial score (nSPS) is 18.8. The number of benzene rings is 1. The van der Waals surface area contributed by atoms with E-state index < -0.39 is 0 Å². The van der Waals surface area contributed by atoms with Gasteiger partial charge in [-0.2, -0.15) is 0 Å². The lowest BCUT2D eigenvalue weighted by molar-refractivity contribution is 0.0700. The minimum atomic E-state index is 0.505. The first kappa shape index (κ1) is 12.0. The number of hydrogen-bond donors (Lipinski definition) is 0. The first-order valence-corrected chi connectivity index (χ1v) is 7.28. The van der Waals surface area contributed by atoms with Gasteiger partial charge >= 0.3 is 0 Å². The molecule has 4 nitrogen and oxygen atoms in total. The zero-order chi connectivity index (χ0) is 13.4. The Labute approximate surface area is 118 Å². The van der Waals surface area contributed by atoms with Crippen molar-refractivity contribution in [2.45, 2.75) is 25.3 Å². The van der Waals surface area contributed by atoms with Crippen LogP contribution in [0.4, 0.5) is 0 Å². The third kappa shape index (κ3) is 2.00.